The highest BCUT2D eigenvalue weighted by Gasteiger charge is 2.14. The van der Waals surface area contributed by atoms with Crippen molar-refractivity contribution in [3.63, 3.8) is 0 Å². The number of carbonyl (C=O) groups is 2. The van der Waals surface area contributed by atoms with Crippen LogP contribution in [-0.2, 0) is 16.1 Å². The van der Waals surface area contributed by atoms with Crippen molar-refractivity contribution in [2.75, 3.05) is 11.9 Å². The predicted molar refractivity (Wildman–Crippen MR) is 92.3 cm³/mol. The average Bonchev–Trinajstić information content (AvgIpc) is 2.56. The zero-order valence-corrected chi connectivity index (χ0v) is 13.9. The zero-order valence-electron chi connectivity index (χ0n) is 13.1. The van der Waals surface area contributed by atoms with Gasteiger partial charge in [-0.05, 0) is 35.9 Å². The molecule has 0 aromatic heterocycles. The number of nitriles is 1. The third kappa shape index (κ3) is 5.11. The summed E-state index contributed by atoms with van der Waals surface area (Å²) in [7, 11) is 0. The first-order valence-electron chi connectivity index (χ1n) is 7.28. The summed E-state index contributed by atoms with van der Waals surface area (Å²) in [6.07, 6.45) is 0. The van der Waals surface area contributed by atoms with Crippen molar-refractivity contribution in [3.8, 4) is 6.07 Å². The lowest BCUT2D eigenvalue weighted by molar-refractivity contribution is -0.133. The van der Waals surface area contributed by atoms with Gasteiger partial charge >= 0.3 is 0 Å². The molecule has 0 saturated carbocycles. The Morgan fingerprint density at radius 1 is 1.21 bits per heavy atom. The fourth-order valence-electron chi connectivity index (χ4n) is 2.13. The van der Waals surface area contributed by atoms with Gasteiger partial charge in [0.15, 0.2) is 0 Å². The molecule has 1 N–H and O–H groups in total. The molecule has 2 amide bonds. The molecule has 0 aliphatic carbocycles. The number of nitrogens with zero attached hydrogens (tertiary/aromatic N) is 2. The van der Waals surface area contributed by atoms with E-state index >= 15 is 0 Å². The molecule has 0 spiro atoms. The van der Waals surface area contributed by atoms with Gasteiger partial charge in [-0.3, -0.25) is 9.59 Å². The van der Waals surface area contributed by atoms with Gasteiger partial charge < -0.3 is 10.2 Å². The van der Waals surface area contributed by atoms with Crippen LogP contribution in [0.5, 0.6) is 0 Å². The van der Waals surface area contributed by atoms with Crippen molar-refractivity contribution in [2.24, 2.45) is 0 Å². The number of rotatable bonds is 5. The van der Waals surface area contributed by atoms with E-state index in [1.165, 1.54) is 11.8 Å². The smallest absolute Gasteiger partial charge is 0.244 e. The van der Waals surface area contributed by atoms with Gasteiger partial charge in [-0.15, -0.1) is 0 Å². The maximum Gasteiger partial charge on any atom is 0.244 e. The van der Waals surface area contributed by atoms with Crippen LogP contribution in [-0.4, -0.2) is 23.3 Å². The Labute approximate surface area is 145 Å². The van der Waals surface area contributed by atoms with E-state index in [-0.39, 0.29) is 18.4 Å². The summed E-state index contributed by atoms with van der Waals surface area (Å²) in [4.78, 5) is 25.4. The van der Waals surface area contributed by atoms with E-state index in [1.54, 1.807) is 36.4 Å². The standard InChI is InChI=1S/C18H16ClN3O2/c1-13(23)22(11-14-5-7-16(19)8-6-14)12-18(24)21-17-4-2-3-15(9-17)10-20/h2-9H,11-12H2,1H3,(H,21,24). The van der Waals surface area contributed by atoms with Crippen molar-refractivity contribution in [1.29, 1.82) is 5.26 Å². The van der Waals surface area contributed by atoms with Crippen LogP contribution >= 0.6 is 11.6 Å². The quantitative estimate of drug-likeness (QED) is 0.907. The summed E-state index contributed by atoms with van der Waals surface area (Å²) in [5.74, 6) is -0.528. The lowest BCUT2D eigenvalue weighted by Crippen LogP contribution is -2.36. The van der Waals surface area contributed by atoms with Crippen molar-refractivity contribution < 1.29 is 9.59 Å². The van der Waals surface area contributed by atoms with E-state index in [0.29, 0.717) is 22.8 Å². The van der Waals surface area contributed by atoms with Crippen molar-refractivity contribution in [1.82, 2.24) is 4.90 Å². The van der Waals surface area contributed by atoms with Gasteiger partial charge in [0, 0.05) is 24.2 Å². The minimum Gasteiger partial charge on any atom is -0.329 e. The van der Waals surface area contributed by atoms with Crippen LogP contribution in [0.4, 0.5) is 5.69 Å². The zero-order chi connectivity index (χ0) is 17.5. The molecule has 0 fully saturated rings. The predicted octanol–water partition coefficient (Wildman–Crippen LogP) is 3.20. The third-order valence-corrected chi connectivity index (χ3v) is 3.59. The SMILES string of the molecule is CC(=O)N(CC(=O)Nc1cccc(C#N)c1)Cc1ccc(Cl)cc1. The second kappa shape index (κ2) is 8.14. The molecule has 0 radical (unpaired) electrons. The molecule has 24 heavy (non-hydrogen) atoms. The Morgan fingerprint density at radius 2 is 1.92 bits per heavy atom. The van der Waals surface area contributed by atoms with E-state index in [1.807, 2.05) is 18.2 Å². The minimum absolute atomic E-state index is 0.0747. The van der Waals surface area contributed by atoms with Gasteiger partial charge in [-0.25, -0.2) is 0 Å². The Hall–Kier alpha value is -2.84. The second-order valence-electron chi connectivity index (χ2n) is 5.24. The normalized spacial score (nSPS) is 9.88. The Morgan fingerprint density at radius 3 is 2.54 bits per heavy atom. The minimum atomic E-state index is -0.325. The van der Waals surface area contributed by atoms with E-state index < -0.39 is 0 Å². The summed E-state index contributed by atoms with van der Waals surface area (Å²) in [5.41, 5.74) is 1.86. The summed E-state index contributed by atoms with van der Waals surface area (Å²) in [5, 5.41) is 12.2. The molecule has 2 aromatic rings. The summed E-state index contributed by atoms with van der Waals surface area (Å²) in [6.45, 7) is 1.66. The first-order valence-corrected chi connectivity index (χ1v) is 7.65. The highest BCUT2D eigenvalue weighted by molar-refractivity contribution is 6.30. The van der Waals surface area contributed by atoms with E-state index in [4.69, 9.17) is 16.9 Å². The third-order valence-electron chi connectivity index (χ3n) is 3.34. The second-order valence-corrected chi connectivity index (χ2v) is 5.68. The molecular weight excluding hydrogens is 326 g/mol. The largest absolute Gasteiger partial charge is 0.329 e. The van der Waals surface area contributed by atoms with Gasteiger partial charge in [-0.1, -0.05) is 29.8 Å². The first-order chi connectivity index (χ1) is 11.5. The molecule has 5 nitrogen and oxygen atoms in total. The van der Waals surface area contributed by atoms with Gasteiger partial charge in [0.05, 0.1) is 11.6 Å². The fraction of sp³-hybridized carbons (Fsp3) is 0.167. The molecule has 122 valence electrons. The molecule has 2 rings (SSSR count). The molecule has 0 unspecified atom stereocenters. The topological polar surface area (TPSA) is 73.2 Å². The summed E-state index contributed by atoms with van der Waals surface area (Å²) in [6, 6.07) is 15.7. The summed E-state index contributed by atoms with van der Waals surface area (Å²) >= 11 is 5.84. The highest BCUT2D eigenvalue weighted by atomic mass is 35.5. The van der Waals surface area contributed by atoms with Crippen molar-refractivity contribution in [2.45, 2.75) is 13.5 Å². The Balaban J connectivity index is 2.01. The monoisotopic (exact) mass is 341 g/mol. The molecule has 0 atom stereocenters. The average molecular weight is 342 g/mol. The number of benzene rings is 2. The van der Waals surface area contributed by atoms with Gasteiger partial charge in [0.1, 0.15) is 6.54 Å². The maximum absolute atomic E-state index is 12.2. The van der Waals surface area contributed by atoms with Crippen LogP contribution in [0, 0.1) is 11.3 Å². The number of carbonyl (C=O) groups excluding carboxylic acids is 2. The highest BCUT2D eigenvalue weighted by Crippen LogP contribution is 2.13. The Bertz CT molecular complexity index is 782. The number of nitrogens with one attached hydrogen (secondary N) is 1. The molecule has 0 heterocycles. The van der Waals surface area contributed by atoms with Crippen LogP contribution < -0.4 is 5.32 Å². The van der Waals surface area contributed by atoms with Gasteiger partial charge in [0.2, 0.25) is 11.8 Å². The first kappa shape index (κ1) is 17.5. The lowest BCUT2D eigenvalue weighted by Gasteiger charge is -2.20. The number of anilines is 1. The van der Waals surface area contributed by atoms with Crippen molar-refractivity contribution >= 4 is 29.1 Å². The number of hydrogen-bond donors (Lipinski definition) is 1. The number of halogens is 1. The van der Waals surface area contributed by atoms with Crippen LogP contribution in [0.25, 0.3) is 0 Å². The van der Waals surface area contributed by atoms with Crippen molar-refractivity contribution in [3.05, 3.63) is 64.7 Å². The van der Waals surface area contributed by atoms with Gasteiger partial charge in [0.25, 0.3) is 0 Å². The maximum atomic E-state index is 12.2. The lowest BCUT2D eigenvalue weighted by atomic mass is 10.2. The van der Waals surface area contributed by atoms with Crippen LogP contribution in [0.2, 0.25) is 5.02 Å². The fourth-order valence-corrected chi connectivity index (χ4v) is 2.26. The van der Waals surface area contributed by atoms with Gasteiger partial charge in [-0.2, -0.15) is 5.26 Å². The van der Waals surface area contributed by atoms with E-state index in [9.17, 15) is 9.59 Å². The molecular formula is C18H16ClN3O2. The molecule has 0 saturated heterocycles. The van der Waals surface area contributed by atoms with Crippen LogP contribution in [0.3, 0.4) is 0 Å². The molecule has 6 heteroatoms. The Kier molecular flexibility index (Phi) is 5.94. The van der Waals surface area contributed by atoms with E-state index in [2.05, 4.69) is 5.32 Å². The number of amides is 2. The molecule has 0 aliphatic heterocycles. The summed E-state index contributed by atoms with van der Waals surface area (Å²) < 4.78 is 0. The molecule has 0 aliphatic rings. The van der Waals surface area contributed by atoms with E-state index in [0.717, 1.165) is 5.56 Å². The van der Waals surface area contributed by atoms with Crippen LogP contribution in [0.15, 0.2) is 48.5 Å². The van der Waals surface area contributed by atoms with Crippen LogP contribution in [0.1, 0.15) is 18.1 Å². The molecule has 2 aromatic carbocycles. The number of hydrogen-bond acceptors (Lipinski definition) is 3. The molecule has 0 bridgehead atoms.